The molecule has 1 amide bonds. The van der Waals surface area contributed by atoms with Crippen LogP contribution in [0.15, 0.2) is 53.4 Å². The predicted octanol–water partition coefficient (Wildman–Crippen LogP) is 3.73. The fourth-order valence-corrected chi connectivity index (χ4v) is 3.51. The third kappa shape index (κ3) is 3.09. The Kier molecular flexibility index (Phi) is 4.34. The summed E-state index contributed by atoms with van der Waals surface area (Å²) >= 11 is 1.75. The molecule has 114 valence electrons. The molecule has 1 aliphatic heterocycles. The van der Waals surface area contributed by atoms with Gasteiger partial charge in [-0.3, -0.25) is 4.79 Å². The number of benzene rings is 2. The minimum atomic E-state index is -0.377. The lowest BCUT2D eigenvalue weighted by Crippen LogP contribution is -2.44. The average molecular weight is 317 g/mol. The molecule has 2 aromatic rings. The molecular weight excluding hydrogens is 301 g/mol. The van der Waals surface area contributed by atoms with Gasteiger partial charge in [0.15, 0.2) is 6.61 Å². The predicted molar refractivity (Wildman–Crippen MR) is 86.0 cm³/mol. The van der Waals surface area contributed by atoms with Crippen molar-refractivity contribution in [3.05, 3.63) is 54.3 Å². The molecule has 0 aliphatic carbocycles. The number of hydrogen-bond acceptors (Lipinski definition) is 3. The van der Waals surface area contributed by atoms with E-state index in [1.807, 2.05) is 31.2 Å². The molecular formula is C17H16FNO2S. The van der Waals surface area contributed by atoms with Crippen LogP contribution in [0.3, 0.4) is 0 Å². The van der Waals surface area contributed by atoms with Gasteiger partial charge < -0.3 is 9.64 Å². The van der Waals surface area contributed by atoms with Gasteiger partial charge in [-0.2, -0.15) is 0 Å². The zero-order valence-corrected chi connectivity index (χ0v) is 13.0. The van der Waals surface area contributed by atoms with Crippen molar-refractivity contribution in [2.75, 3.05) is 17.3 Å². The Morgan fingerprint density at radius 2 is 2.14 bits per heavy atom. The van der Waals surface area contributed by atoms with Crippen LogP contribution in [0.2, 0.25) is 0 Å². The summed E-state index contributed by atoms with van der Waals surface area (Å²) in [4.78, 5) is 15.4. The molecule has 0 saturated carbocycles. The van der Waals surface area contributed by atoms with Gasteiger partial charge in [-0.15, -0.1) is 11.8 Å². The highest BCUT2D eigenvalue weighted by molar-refractivity contribution is 7.99. The van der Waals surface area contributed by atoms with Gasteiger partial charge in [0.05, 0.1) is 5.69 Å². The van der Waals surface area contributed by atoms with Crippen molar-refractivity contribution < 1.29 is 13.9 Å². The first-order valence-corrected chi connectivity index (χ1v) is 8.06. The number of anilines is 1. The molecule has 22 heavy (non-hydrogen) atoms. The summed E-state index contributed by atoms with van der Waals surface area (Å²) in [6, 6.07) is 13.8. The Labute approximate surface area is 133 Å². The molecule has 0 spiro atoms. The number of carbonyl (C=O) groups is 1. The molecule has 2 aromatic carbocycles. The molecule has 1 atom stereocenters. The van der Waals surface area contributed by atoms with E-state index in [-0.39, 0.29) is 24.4 Å². The summed E-state index contributed by atoms with van der Waals surface area (Å²) in [5, 5.41) is 0. The summed E-state index contributed by atoms with van der Waals surface area (Å²) in [5.74, 6) is 0.714. The van der Waals surface area contributed by atoms with Gasteiger partial charge in [0.2, 0.25) is 0 Å². The number of nitrogens with zero attached hydrogens (tertiary/aromatic N) is 1. The zero-order chi connectivity index (χ0) is 15.5. The molecule has 3 nitrogen and oxygen atoms in total. The van der Waals surface area contributed by atoms with Crippen molar-refractivity contribution in [1.29, 1.82) is 0 Å². The van der Waals surface area contributed by atoms with Gasteiger partial charge in [-0.05, 0) is 31.2 Å². The lowest BCUT2D eigenvalue weighted by Gasteiger charge is -2.34. The molecule has 0 fully saturated rings. The van der Waals surface area contributed by atoms with Crippen LogP contribution in [0.4, 0.5) is 10.1 Å². The smallest absolute Gasteiger partial charge is 0.265 e. The molecule has 0 N–H and O–H groups in total. The highest BCUT2D eigenvalue weighted by Gasteiger charge is 2.28. The number of halogens is 1. The van der Waals surface area contributed by atoms with E-state index >= 15 is 0 Å². The third-order valence-electron chi connectivity index (χ3n) is 3.47. The van der Waals surface area contributed by atoms with Crippen LogP contribution in [0, 0.1) is 5.82 Å². The largest absolute Gasteiger partial charge is 0.484 e. The minimum Gasteiger partial charge on any atom is -0.484 e. The monoisotopic (exact) mass is 317 g/mol. The maximum atomic E-state index is 13.1. The normalized spacial score (nSPS) is 17.0. The molecule has 0 saturated heterocycles. The third-order valence-corrected chi connectivity index (χ3v) is 4.78. The first-order valence-electron chi connectivity index (χ1n) is 7.07. The molecule has 1 heterocycles. The molecule has 1 unspecified atom stereocenters. The first-order chi connectivity index (χ1) is 10.6. The van der Waals surface area contributed by atoms with Crippen molar-refractivity contribution in [3.63, 3.8) is 0 Å². The van der Waals surface area contributed by atoms with Gasteiger partial charge in [0, 0.05) is 22.8 Å². The quantitative estimate of drug-likeness (QED) is 0.864. The van der Waals surface area contributed by atoms with Gasteiger partial charge in [-0.25, -0.2) is 4.39 Å². The Morgan fingerprint density at radius 1 is 1.32 bits per heavy atom. The number of fused-ring (bicyclic) bond motifs is 1. The number of rotatable bonds is 3. The fraction of sp³-hybridized carbons (Fsp3) is 0.235. The van der Waals surface area contributed by atoms with Gasteiger partial charge in [0.1, 0.15) is 11.6 Å². The molecule has 5 heteroatoms. The van der Waals surface area contributed by atoms with Crippen LogP contribution in [-0.4, -0.2) is 24.3 Å². The van der Waals surface area contributed by atoms with Crippen LogP contribution in [0.5, 0.6) is 5.75 Å². The summed E-state index contributed by atoms with van der Waals surface area (Å²) in [7, 11) is 0. The minimum absolute atomic E-state index is 0.100. The standard InChI is InChI=1S/C17H16FNO2S/c1-12-11-22-16-8-3-2-7-15(16)19(12)17(20)10-21-14-6-4-5-13(18)9-14/h2-9,12H,10-11H2,1H3. The van der Waals surface area contributed by atoms with E-state index in [2.05, 4.69) is 0 Å². The molecule has 0 bridgehead atoms. The van der Waals surface area contributed by atoms with Crippen molar-refractivity contribution in [1.82, 2.24) is 0 Å². The SMILES string of the molecule is CC1CSc2ccccc2N1C(=O)COc1cccc(F)c1. The van der Waals surface area contributed by atoms with Gasteiger partial charge >= 0.3 is 0 Å². The Hall–Kier alpha value is -2.01. The van der Waals surface area contributed by atoms with Gasteiger partial charge in [0.25, 0.3) is 5.91 Å². The second-order valence-electron chi connectivity index (χ2n) is 5.14. The van der Waals surface area contributed by atoms with E-state index in [1.165, 1.54) is 12.1 Å². The second-order valence-corrected chi connectivity index (χ2v) is 6.20. The van der Waals surface area contributed by atoms with Crippen LogP contribution in [0.25, 0.3) is 0 Å². The number of hydrogen-bond donors (Lipinski definition) is 0. The number of para-hydroxylation sites is 1. The van der Waals surface area contributed by atoms with E-state index < -0.39 is 0 Å². The molecule has 1 aliphatic rings. The van der Waals surface area contributed by atoms with E-state index in [4.69, 9.17) is 4.74 Å². The molecule has 0 radical (unpaired) electrons. The average Bonchev–Trinajstić information content (AvgIpc) is 2.52. The topological polar surface area (TPSA) is 29.5 Å². The lowest BCUT2D eigenvalue weighted by atomic mass is 10.2. The fourth-order valence-electron chi connectivity index (χ4n) is 2.45. The van der Waals surface area contributed by atoms with Gasteiger partial charge in [-0.1, -0.05) is 18.2 Å². The van der Waals surface area contributed by atoms with Crippen LogP contribution in [-0.2, 0) is 4.79 Å². The van der Waals surface area contributed by atoms with Crippen molar-refractivity contribution in [3.8, 4) is 5.75 Å². The van der Waals surface area contributed by atoms with Crippen molar-refractivity contribution in [2.24, 2.45) is 0 Å². The van der Waals surface area contributed by atoms with E-state index in [9.17, 15) is 9.18 Å². The Bertz CT molecular complexity index is 692. The van der Waals surface area contributed by atoms with Crippen LogP contribution >= 0.6 is 11.8 Å². The van der Waals surface area contributed by atoms with Crippen molar-refractivity contribution >= 4 is 23.4 Å². The maximum Gasteiger partial charge on any atom is 0.265 e. The molecule has 3 rings (SSSR count). The highest BCUT2D eigenvalue weighted by atomic mass is 32.2. The summed E-state index contributed by atoms with van der Waals surface area (Å²) in [6.07, 6.45) is 0. The summed E-state index contributed by atoms with van der Waals surface area (Å²) in [5.41, 5.74) is 0.916. The van der Waals surface area contributed by atoms with Crippen LogP contribution in [0.1, 0.15) is 6.92 Å². The van der Waals surface area contributed by atoms with E-state index in [1.54, 1.807) is 28.8 Å². The molecule has 0 aromatic heterocycles. The summed E-state index contributed by atoms with van der Waals surface area (Å²) < 4.78 is 18.6. The maximum absolute atomic E-state index is 13.1. The van der Waals surface area contributed by atoms with E-state index in [0.29, 0.717) is 5.75 Å². The number of ether oxygens (including phenoxy) is 1. The second kappa shape index (κ2) is 6.40. The number of amides is 1. The Balaban J connectivity index is 1.74. The van der Waals surface area contributed by atoms with E-state index in [0.717, 1.165) is 16.3 Å². The van der Waals surface area contributed by atoms with Crippen LogP contribution < -0.4 is 9.64 Å². The highest BCUT2D eigenvalue weighted by Crippen LogP contribution is 2.37. The number of thioether (sulfide) groups is 1. The summed E-state index contributed by atoms with van der Waals surface area (Å²) in [6.45, 7) is 1.91. The zero-order valence-electron chi connectivity index (χ0n) is 12.2. The first kappa shape index (κ1) is 14.9. The van der Waals surface area contributed by atoms with Crippen molar-refractivity contribution in [2.45, 2.75) is 17.9 Å². The number of carbonyl (C=O) groups excluding carboxylic acids is 1. The lowest BCUT2D eigenvalue weighted by molar-refractivity contribution is -0.120. The Morgan fingerprint density at radius 3 is 2.95 bits per heavy atom.